The lowest BCUT2D eigenvalue weighted by molar-refractivity contribution is 0.196. The van der Waals surface area contributed by atoms with Crippen LogP contribution in [0.25, 0.3) is 0 Å². The van der Waals surface area contributed by atoms with Crippen LogP contribution in [-0.4, -0.2) is 43.1 Å². The molecule has 2 fully saturated rings. The molecule has 1 saturated heterocycles. The first-order chi connectivity index (χ1) is 9.28. The molecule has 4 nitrogen and oxygen atoms in total. The lowest BCUT2D eigenvalue weighted by Gasteiger charge is -2.30. The van der Waals surface area contributed by atoms with Gasteiger partial charge in [-0.15, -0.1) is 0 Å². The first-order valence-electron chi connectivity index (χ1n) is 8.06. The summed E-state index contributed by atoms with van der Waals surface area (Å²) >= 11 is 0. The SMILES string of the molecule is CCN1CCC(CN=C(N)NC2CCCCC2)CC1. The summed E-state index contributed by atoms with van der Waals surface area (Å²) in [4.78, 5) is 7.08. The molecule has 0 aromatic heterocycles. The van der Waals surface area contributed by atoms with Gasteiger partial charge in [0.15, 0.2) is 5.96 Å². The molecule has 19 heavy (non-hydrogen) atoms. The van der Waals surface area contributed by atoms with Crippen LogP contribution in [0.4, 0.5) is 0 Å². The summed E-state index contributed by atoms with van der Waals surface area (Å²) in [5.41, 5.74) is 6.00. The minimum Gasteiger partial charge on any atom is -0.370 e. The van der Waals surface area contributed by atoms with Gasteiger partial charge in [0.2, 0.25) is 0 Å². The van der Waals surface area contributed by atoms with E-state index in [0.29, 0.717) is 12.0 Å². The second-order valence-electron chi connectivity index (χ2n) is 6.08. The lowest BCUT2D eigenvalue weighted by atomic mass is 9.95. The first-order valence-corrected chi connectivity index (χ1v) is 8.06. The Morgan fingerprint density at radius 2 is 1.84 bits per heavy atom. The number of likely N-dealkylation sites (tertiary alicyclic amines) is 1. The zero-order chi connectivity index (χ0) is 13.5. The first kappa shape index (κ1) is 14.6. The number of rotatable bonds is 4. The largest absolute Gasteiger partial charge is 0.370 e. The maximum Gasteiger partial charge on any atom is 0.188 e. The second-order valence-corrected chi connectivity index (χ2v) is 6.08. The average Bonchev–Trinajstić information content (AvgIpc) is 2.47. The van der Waals surface area contributed by atoms with Crippen molar-refractivity contribution in [3.8, 4) is 0 Å². The molecule has 110 valence electrons. The molecule has 0 spiro atoms. The highest BCUT2D eigenvalue weighted by atomic mass is 15.1. The lowest BCUT2D eigenvalue weighted by Crippen LogP contribution is -2.41. The van der Waals surface area contributed by atoms with Crippen molar-refractivity contribution < 1.29 is 0 Å². The van der Waals surface area contributed by atoms with Gasteiger partial charge in [-0.2, -0.15) is 0 Å². The van der Waals surface area contributed by atoms with Gasteiger partial charge in [-0.1, -0.05) is 26.2 Å². The maximum absolute atomic E-state index is 6.00. The van der Waals surface area contributed by atoms with Crippen molar-refractivity contribution in [3.05, 3.63) is 0 Å². The van der Waals surface area contributed by atoms with E-state index in [-0.39, 0.29) is 0 Å². The van der Waals surface area contributed by atoms with Crippen LogP contribution in [0.2, 0.25) is 0 Å². The smallest absolute Gasteiger partial charge is 0.188 e. The van der Waals surface area contributed by atoms with Gasteiger partial charge in [0, 0.05) is 12.6 Å². The molecular formula is C15H30N4. The van der Waals surface area contributed by atoms with Gasteiger partial charge >= 0.3 is 0 Å². The summed E-state index contributed by atoms with van der Waals surface area (Å²) in [7, 11) is 0. The molecule has 1 aliphatic heterocycles. The van der Waals surface area contributed by atoms with Gasteiger partial charge in [0.05, 0.1) is 0 Å². The number of guanidine groups is 1. The Morgan fingerprint density at radius 1 is 1.16 bits per heavy atom. The van der Waals surface area contributed by atoms with Gasteiger partial charge in [0.1, 0.15) is 0 Å². The minimum atomic E-state index is 0.569. The van der Waals surface area contributed by atoms with Crippen LogP contribution in [0.1, 0.15) is 51.9 Å². The number of hydrogen-bond donors (Lipinski definition) is 2. The molecule has 0 amide bonds. The topological polar surface area (TPSA) is 53.6 Å². The summed E-state index contributed by atoms with van der Waals surface area (Å²) in [6.07, 6.45) is 9.10. The molecule has 0 atom stereocenters. The fourth-order valence-corrected chi connectivity index (χ4v) is 3.21. The Hall–Kier alpha value is -0.770. The van der Waals surface area contributed by atoms with E-state index in [1.165, 1.54) is 64.6 Å². The van der Waals surface area contributed by atoms with E-state index >= 15 is 0 Å². The molecule has 1 aliphatic carbocycles. The van der Waals surface area contributed by atoms with Crippen molar-refractivity contribution in [2.45, 2.75) is 57.9 Å². The fourth-order valence-electron chi connectivity index (χ4n) is 3.21. The van der Waals surface area contributed by atoms with Gasteiger partial charge in [0.25, 0.3) is 0 Å². The summed E-state index contributed by atoms with van der Waals surface area (Å²) < 4.78 is 0. The third-order valence-electron chi connectivity index (χ3n) is 4.63. The van der Waals surface area contributed by atoms with Crippen LogP contribution in [0.3, 0.4) is 0 Å². The van der Waals surface area contributed by atoms with Gasteiger partial charge in [-0.25, -0.2) is 0 Å². The maximum atomic E-state index is 6.00. The third kappa shape index (κ3) is 5.01. The highest BCUT2D eigenvalue weighted by Crippen LogP contribution is 2.18. The van der Waals surface area contributed by atoms with Crippen molar-refractivity contribution in [2.24, 2.45) is 16.6 Å². The Morgan fingerprint density at radius 3 is 2.47 bits per heavy atom. The Balaban J connectivity index is 1.66. The molecule has 1 heterocycles. The van der Waals surface area contributed by atoms with E-state index in [4.69, 9.17) is 5.73 Å². The second kappa shape index (κ2) is 7.73. The zero-order valence-electron chi connectivity index (χ0n) is 12.4. The Bertz CT molecular complexity index is 276. The molecule has 0 bridgehead atoms. The Labute approximate surface area is 117 Å². The highest BCUT2D eigenvalue weighted by molar-refractivity contribution is 5.78. The molecule has 1 saturated carbocycles. The standard InChI is InChI=1S/C15H30N4/c1-2-19-10-8-13(9-11-19)12-17-15(16)18-14-6-4-3-5-7-14/h13-14H,2-12H2,1H3,(H3,16,17,18). The van der Waals surface area contributed by atoms with Crippen LogP contribution >= 0.6 is 0 Å². The number of nitrogens with zero attached hydrogens (tertiary/aromatic N) is 2. The number of piperidine rings is 1. The quantitative estimate of drug-likeness (QED) is 0.604. The van der Waals surface area contributed by atoms with Crippen molar-refractivity contribution >= 4 is 5.96 Å². The van der Waals surface area contributed by atoms with E-state index in [0.717, 1.165) is 12.5 Å². The molecule has 0 unspecified atom stereocenters. The monoisotopic (exact) mass is 266 g/mol. The fraction of sp³-hybridized carbons (Fsp3) is 0.933. The van der Waals surface area contributed by atoms with Crippen LogP contribution in [0.15, 0.2) is 4.99 Å². The molecule has 2 aliphatic rings. The predicted molar refractivity (Wildman–Crippen MR) is 81.3 cm³/mol. The van der Waals surface area contributed by atoms with Crippen LogP contribution < -0.4 is 11.1 Å². The van der Waals surface area contributed by atoms with E-state index in [9.17, 15) is 0 Å². The van der Waals surface area contributed by atoms with Crippen molar-refractivity contribution in [1.82, 2.24) is 10.2 Å². The summed E-state index contributed by atoms with van der Waals surface area (Å²) in [5.74, 6) is 1.40. The molecule has 3 N–H and O–H groups in total. The predicted octanol–water partition coefficient (Wildman–Crippen LogP) is 1.96. The van der Waals surface area contributed by atoms with E-state index in [1.807, 2.05) is 0 Å². The van der Waals surface area contributed by atoms with Crippen LogP contribution in [0, 0.1) is 5.92 Å². The summed E-state index contributed by atoms with van der Waals surface area (Å²) in [6.45, 7) is 6.79. The third-order valence-corrected chi connectivity index (χ3v) is 4.63. The van der Waals surface area contributed by atoms with Crippen molar-refractivity contribution in [3.63, 3.8) is 0 Å². The summed E-state index contributed by atoms with van der Waals surface area (Å²) in [5, 5.41) is 3.40. The number of nitrogens with one attached hydrogen (secondary N) is 1. The Kier molecular flexibility index (Phi) is 5.95. The molecular weight excluding hydrogens is 236 g/mol. The zero-order valence-corrected chi connectivity index (χ0v) is 12.4. The van der Waals surface area contributed by atoms with Gasteiger partial charge < -0.3 is 16.0 Å². The van der Waals surface area contributed by atoms with Crippen molar-refractivity contribution in [2.75, 3.05) is 26.2 Å². The van der Waals surface area contributed by atoms with E-state index < -0.39 is 0 Å². The molecule has 0 aromatic rings. The molecule has 0 radical (unpaired) electrons. The number of nitrogens with two attached hydrogens (primary N) is 1. The molecule has 0 aromatic carbocycles. The number of hydrogen-bond acceptors (Lipinski definition) is 2. The van der Waals surface area contributed by atoms with Gasteiger partial charge in [-0.3, -0.25) is 4.99 Å². The number of aliphatic imine (C=N–C) groups is 1. The molecule has 4 heteroatoms. The van der Waals surface area contributed by atoms with Crippen LogP contribution in [0.5, 0.6) is 0 Å². The van der Waals surface area contributed by atoms with Gasteiger partial charge in [-0.05, 0) is 51.2 Å². The van der Waals surface area contributed by atoms with Crippen LogP contribution in [-0.2, 0) is 0 Å². The van der Waals surface area contributed by atoms with Crippen molar-refractivity contribution in [1.29, 1.82) is 0 Å². The highest BCUT2D eigenvalue weighted by Gasteiger charge is 2.18. The molecule has 2 rings (SSSR count). The normalized spacial score (nSPS) is 24.6. The average molecular weight is 266 g/mol. The summed E-state index contributed by atoms with van der Waals surface area (Å²) in [6, 6.07) is 0.569. The minimum absolute atomic E-state index is 0.569. The van der Waals surface area contributed by atoms with E-state index in [2.05, 4.69) is 22.1 Å². The van der Waals surface area contributed by atoms with E-state index in [1.54, 1.807) is 0 Å².